The van der Waals surface area contributed by atoms with Crippen molar-refractivity contribution < 1.29 is 9.59 Å². The normalized spacial score (nSPS) is 16.5. The van der Waals surface area contributed by atoms with Gasteiger partial charge in [-0.3, -0.25) is 14.5 Å². The molecule has 0 spiro atoms. The Morgan fingerprint density at radius 3 is 2.50 bits per heavy atom. The summed E-state index contributed by atoms with van der Waals surface area (Å²) in [6.07, 6.45) is 3.19. The second kappa shape index (κ2) is 10.6. The van der Waals surface area contributed by atoms with E-state index < -0.39 is 0 Å². The summed E-state index contributed by atoms with van der Waals surface area (Å²) in [5.41, 5.74) is 0. The van der Waals surface area contributed by atoms with Crippen molar-refractivity contribution >= 4 is 11.8 Å². The molecule has 6 heteroatoms. The molecule has 22 heavy (non-hydrogen) atoms. The number of likely N-dealkylation sites (N-methyl/N-ethyl adjacent to an activating group) is 1. The Balaban J connectivity index is 2.23. The fourth-order valence-electron chi connectivity index (χ4n) is 2.63. The number of nitrogens with zero attached hydrogens (tertiary/aromatic N) is 2. The highest BCUT2D eigenvalue weighted by atomic mass is 16.2. The zero-order valence-corrected chi connectivity index (χ0v) is 14.4. The molecule has 0 radical (unpaired) electrons. The van der Waals surface area contributed by atoms with Crippen LogP contribution in [0.15, 0.2) is 0 Å². The lowest BCUT2D eigenvalue weighted by molar-refractivity contribution is -0.135. The van der Waals surface area contributed by atoms with Gasteiger partial charge in [0.1, 0.15) is 0 Å². The van der Waals surface area contributed by atoms with Crippen molar-refractivity contribution in [2.75, 3.05) is 52.9 Å². The summed E-state index contributed by atoms with van der Waals surface area (Å²) in [6, 6.07) is 0. The van der Waals surface area contributed by atoms with Crippen LogP contribution in [0.25, 0.3) is 0 Å². The highest BCUT2D eigenvalue weighted by molar-refractivity contribution is 5.85. The summed E-state index contributed by atoms with van der Waals surface area (Å²) in [5.74, 6) is 0.669. The van der Waals surface area contributed by atoms with Crippen molar-refractivity contribution in [3.63, 3.8) is 0 Å². The first kappa shape index (κ1) is 18.9. The van der Waals surface area contributed by atoms with E-state index in [1.165, 1.54) is 4.90 Å². The fourth-order valence-corrected chi connectivity index (χ4v) is 2.63. The van der Waals surface area contributed by atoms with E-state index in [0.29, 0.717) is 13.1 Å². The molecule has 128 valence electrons. The third-order valence-electron chi connectivity index (χ3n) is 4.13. The van der Waals surface area contributed by atoms with Crippen LogP contribution in [-0.2, 0) is 9.59 Å². The maximum Gasteiger partial charge on any atom is 0.239 e. The highest BCUT2D eigenvalue weighted by Gasteiger charge is 2.22. The molecule has 0 atom stereocenters. The van der Waals surface area contributed by atoms with Crippen LogP contribution in [-0.4, -0.2) is 74.5 Å². The van der Waals surface area contributed by atoms with Gasteiger partial charge in [0.2, 0.25) is 11.8 Å². The quantitative estimate of drug-likeness (QED) is 0.642. The summed E-state index contributed by atoms with van der Waals surface area (Å²) < 4.78 is 0. The highest BCUT2D eigenvalue weighted by Crippen LogP contribution is 2.16. The lowest BCUT2D eigenvalue weighted by Crippen LogP contribution is -2.45. The molecule has 0 bridgehead atoms. The number of amides is 2. The summed E-state index contributed by atoms with van der Waals surface area (Å²) in [6.45, 7) is 9.41. The molecule has 1 saturated heterocycles. The SMILES string of the molecule is CCCNC(=O)CN(C)C(=O)CN1CCC(CNCC)CC1. The van der Waals surface area contributed by atoms with Crippen LogP contribution in [0.1, 0.15) is 33.1 Å². The van der Waals surface area contributed by atoms with Crippen molar-refractivity contribution in [3.05, 3.63) is 0 Å². The van der Waals surface area contributed by atoms with Crippen LogP contribution in [0.3, 0.4) is 0 Å². The summed E-state index contributed by atoms with van der Waals surface area (Å²) in [7, 11) is 1.70. The van der Waals surface area contributed by atoms with Gasteiger partial charge < -0.3 is 15.5 Å². The smallest absolute Gasteiger partial charge is 0.239 e. The third kappa shape index (κ3) is 7.22. The van der Waals surface area contributed by atoms with E-state index in [1.54, 1.807) is 7.05 Å². The molecule has 2 N–H and O–H groups in total. The third-order valence-corrected chi connectivity index (χ3v) is 4.13. The van der Waals surface area contributed by atoms with Crippen molar-refractivity contribution in [2.45, 2.75) is 33.1 Å². The van der Waals surface area contributed by atoms with Gasteiger partial charge in [-0.1, -0.05) is 13.8 Å². The van der Waals surface area contributed by atoms with Gasteiger partial charge >= 0.3 is 0 Å². The largest absolute Gasteiger partial charge is 0.355 e. The van der Waals surface area contributed by atoms with Crippen molar-refractivity contribution in [1.82, 2.24) is 20.4 Å². The number of carbonyl (C=O) groups excluding carboxylic acids is 2. The molecule has 1 aliphatic heterocycles. The summed E-state index contributed by atoms with van der Waals surface area (Å²) in [5, 5.41) is 6.19. The Bertz CT molecular complexity index is 341. The molecule has 0 aromatic heterocycles. The van der Waals surface area contributed by atoms with Gasteiger partial charge in [-0.2, -0.15) is 0 Å². The second-order valence-electron chi connectivity index (χ2n) is 6.13. The Kier molecular flexibility index (Phi) is 9.08. The molecule has 0 saturated carbocycles. The second-order valence-corrected chi connectivity index (χ2v) is 6.13. The molecule has 2 amide bonds. The minimum atomic E-state index is -0.0814. The van der Waals surface area contributed by atoms with E-state index in [-0.39, 0.29) is 18.4 Å². The Morgan fingerprint density at radius 1 is 1.23 bits per heavy atom. The van der Waals surface area contributed by atoms with Crippen molar-refractivity contribution in [2.24, 2.45) is 5.92 Å². The van der Waals surface area contributed by atoms with Gasteiger partial charge in [0.25, 0.3) is 0 Å². The molecule has 0 aliphatic carbocycles. The zero-order valence-electron chi connectivity index (χ0n) is 14.4. The van der Waals surface area contributed by atoms with E-state index in [1.807, 2.05) is 6.92 Å². The summed E-state index contributed by atoms with van der Waals surface area (Å²) >= 11 is 0. The number of hydrogen-bond acceptors (Lipinski definition) is 4. The molecule has 1 aliphatic rings. The lowest BCUT2D eigenvalue weighted by atomic mass is 9.97. The molecule has 6 nitrogen and oxygen atoms in total. The number of hydrogen-bond donors (Lipinski definition) is 2. The number of piperidine rings is 1. The predicted octanol–water partition coefficient (Wildman–Crippen LogP) is 0.293. The van der Waals surface area contributed by atoms with Gasteiger partial charge in [0.05, 0.1) is 13.1 Å². The van der Waals surface area contributed by atoms with Crippen LogP contribution in [0.5, 0.6) is 0 Å². The lowest BCUT2D eigenvalue weighted by Gasteiger charge is -2.32. The van der Waals surface area contributed by atoms with E-state index >= 15 is 0 Å². The molecule has 1 heterocycles. The van der Waals surface area contributed by atoms with E-state index in [0.717, 1.165) is 51.4 Å². The Hall–Kier alpha value is -1.14. The van der Waals surface area contributed by atoms with Crippen LogP contribution < -0.4 is 10.6 Å². The Labute approximate surface area is 134 Å². The number of rotatable bonds is 9. The monoisotopic (exact) mass is 312 g/mol. The minimum Gasteiger partial charge on any atom is -0.355 e. The van der Waals surface area contributed by atoms with Crippen LogP contribution in [0, 0.1) is 5.92 Å². The van der Waals surface area contributed by atoms with Gasteiger partial charge in [0, 0.05) is 13.6 Å². The van der Waals surface area contributed by atoms with Gasteiger partial charge in [-0.05, 0) is 51.4 Å². The van der Waals surface area contributed by atoms with E-state index in [4.69, 9.17) is 0 Å². The average molecular weight is 312 g/mol. The maximum absolute atomic E-state index is 12.2. The topological polar surface area (TPSA) is 64.7 Å². The van der Waals surface area contributed by atoms with Crippen LogP contribution in [0.2, 0.25) is 0 Å². The van der Waals surface area contributed by atoms with E-state index in [2.05, 4.69) is 22.5 Å². The molecular weight excluding hydrogens is 280 g/mol. The maximum atomic E-state index is 12.2. The van der Waals surface area contributed by atoms with Crippen LogP contribution >= 0.6 is 0 Å². The fraction of sp³-hybridized carbons (Fsp3) is 0.875. The number of nitrogens with one attached hydrogen (secondary N) is 2. The van der Waals surface area contributed by atoms with Crippen molar-refractivity contribution in [3.8, 4) is 0 Å². The molecule has 0 aromatic carbocycles. The summed E-state index contributed by atoms with van der Waals surface area (Å²) in [4.78, 5) is 27.5. The molecule has 1 fully saturated rings. The molecule has 0 unspecified atom stereocenters. The van der Waals surface area contributed by atoms with Crippen molar-refractivity contribution in [1.29, 1.82) is 0 Å². The van der Waals surface area contributed by atoms with Gasteiger partial charge in [0.15, 0.2) is 0 Å². The van der Waals surface area contributed by atoms with Gasteiger partial charge in [-0.15, -0.1) is 0 Å². The average Bonchev–Trinajstić information content (AvgIpc) is 2.52. The standard InChI is InChI=1S/C16H32N4O2/c1-4-8-18-15(21)12-19(3)16(22)13-20-9-6-14(7-10-20)11-17-5-2/h14,17H,4-13H2,1-3H3,(H,18,21). The minimum absolute atomic E-state index is 0.0248. The zero-order chi connectivity index (χ0) is 16.4. The molecular formula is C16H32N4O2. The van der Waals surface area contributed by atoms with Crippen LogP contribution in [0.4, 0.5) is 0 Å². The first-order valence-electron chi connectivity index (χ1n) is 8.50. The van der Waals surface area contributed by atoms with E-state index in [9.17, 15) is 9.59 Å². The predicted molar refractivity (Wildman–Crippen MR) is 88.6 cm³/mol. The Morgan fingerprint density at radius 2 is 1.91 bits per heavy atom. The number of likely N-dealkylation sites (tertiary alicyclic amines) is 1. The number of carbonyl (C=O) groups is 2. The van der Waals surface area contributed by atoms with Gasteiger partial charge in [-0.25, -0.2) is 0 Å². The molecule has 1 rings (SSSR count). The first-order chi connectivity index (χ1) is 10.6. The first-order valence-corrected chi connectivity index (χ1v) is 8.50. The molecule has 0 aromatic rings.